The van der Waals surface area contributed by atoms with Gasteiger partial charge in [0.1, 0.15) is 16.7 Å². The first-order valence-corrected chi connectivity index (χ1v) is 11.4. The van der Waals surface area contributed by atoms with E-state index >= 15 is 0 Å². The number of rotatable bonds is 6. The van der Waals surface area contributed by atoms with Crippen molar-refractivity contribution in [2.24, 2.45) is 5.92 Å². The second-order valence-electron chi connectivity index (χ2n) is 6.69. The summed E-state index contributed by atoms with van der Waals surface area (Å²) >= 11 is 12.1. The van der Waals surface area contributed by atoms with Crippen LogP contribution in [0.4, 0.5) is 5.69 Å². The number of nitriles is 1. The molecule has 158 valence electrons. The third kappa shape index (κ3) is 5.05. The second kappa shape index (κ2) is 9.67. The number of anilines is 1. The molecule has 0 unspecified atom stereocenters. The molecular weight excluding hydrogens is 449 g/mol. The standard InChI is InChI=1S/C20H19Cl2N3O4S/c21-17-2-1-3-18(22)19(17)30(27,28)25-11-8-14(9-12-25)20(26)24-15-4-6-16(7-5-15)29-13-10-23/h1-7,14H,8-9,11-13H2,(H,24,26). The van der Waals surface area contributed by atoms with Crippen LogP contribution in [-0.4, -0.2) is 38.3 Å². The average molecular weight is 468 g/mol. The molecule has 1 saturated heterocycles. The van der Waals surface area contributed by atoms with E-state index in [0.717, 1.165) is 0 Å². The van der Waals surface area contributed by atoms with Gasteiger partial charge >= 0.3 is 0 Å². The number of amides is 1. The molecule has 1 heterocycles. The second-order valence-corrected chi connectivity index (χ2v) is 9.38. The first-order valence-electron chi connectivity index (χ1n) is 9.18. The lowest BCUT2D eigenvalue weighted by atomic mass is 9.97. The molecule has 2 aromatic rings. The SMILES string of the molecule is N#CCOc1ccc(NC(=O)C2CCN(S(=O)(=O)c3c(Cl)cccc3Cl)CC2)cc1. The molecule has 0 saturated carbocycles. The van der Waals surface area contributed by atoms with Gasteiger partial charge in [-0.25, -0.2) is 8.42 Å². The molecule has 0 aromatic heterocycles. The van der Waals surface area contributed by atoms with Crippen LogP contribution in [0.5, 0.6) is 5.75 Å². The minimum Gasteiger partial charge on any atom is -0.479 e. The molecule has 0 atom stereocenters. The van der Waals surface area contributed by atoms with Crippen LogP contribution in [0.2, 0.25) is 10.0 Å². The number of benzene rings is 2. The molecule has 0 radical (unpaired) electrons. The third-order valence-electron chi connectivity index (χ3n) is 4.77. The number of nitrogens with zero attached hydrogens (tertiary/aromatic N) is 2. The minimum atomic E-state index is -3.84. The molecule has 3 rings (SSSR count). The smallest absolute Gasteiger partial charge is 0.246 e. The molecule has 7 nitrogen and oxygen atoms in total. The summed E-state index contributed by atoms with van der Waals surface area (Å²) in [7, 11) is -3.84. The molecule has 10 heteroatoms. The number of halogens is 2. The topological polar surface area (TPSA) is 99.5 Å². The Hall–Kier alpha value is -2.31. The highest BCUT2D eigenvalue weighted by molar-refractivity contribution is 7.89. The minimum absolute atomic E-state index is 0.0490. The molecule has 1 aliphatic heterocycles. The van der Waals surface area contributed by atoms with Gasteiger partial charge in [0.05, 0.1) is 10.0 Å². The van der Waals surface area contributed by atoms with Gasteiger partial charge in [-0.2, -0.15) is 9.57 Å². The number of hydrogen-bond acceptors (Lipinski definition) is 5. The summed E-state index contributed by atoms with van der Waals surface area (Å²) in [5.41, 5.74) is 0.599. The van der Waals surface area contributed by atoms with Crippen LogP contribution in [0.1, 0.15) is 12.8 Å². The molecule has 0 aliphatic carbocycles. The van der Waals surface area contributed by atoms with Crippen molar-refractivity contribution in [1.29, 1.82) is 5.26 Å². The summed E-state index contributed by atoms with van der Waals surface area (Å²) in [6.45, 7) is 0.346. The molecule has 0 bridgehead atoms. The third-order valence-corrected chi connectivity index (χ3v) is 7.62. The first kappa shape index (κ1) is 22.4. The highest BCUT2D eigenvalue weighted by Crippen LogP contribution is 2.33. The van der Waals surface area contributed by atoms with E-state index in [4.69, 9.17) is 33.2 Å². The van der Waals surface area contributed by atoms with Crippen LogP contribution in [0, 0.1) is 17.2 Å². The van der Waals surface area contributed by atoms with E-state index in [-0.39, 0.29) is 46.5 Å². The number of carbonyl (C=O) groups is 1. The Bertz CT molecular complexity index is 1040. The van der Waals surface area contributed by atoms with Crippen molar-refractivity contribution in [3.63, 3.8) is 0 Å². The molecule has 1 fully saturated rings. The van der Waals surface area contributed by atoms with Crippen molar-refractivity contribution in [3.05, 3.63) is 52.5 Å². The fourth-order valence-electron chi connectivity index (χ4n) is 3.21. The van der Waals surface area contributed by atoms with Crippen molar-refractivity contribution < 1.29 is 17.9 Å². The Labute approximate surface area is 185 Å². The fraction of sp³-hybridized carbons (Fsp3) is 0.300. The summed E-state index contributed by atoms with van der Waals surface area (Å²) in [5, 5.41) is 11.5. The van der Waals surface area contributed by atoms with Crippen molar-refractivity contribution in [1.82, 2.24) is 4.31 Å². The zero-order valence-electron chi connectivity index (χ0n) is 15.8. The van der Waals surface area contributed by atoms with Crippen LogP contribution in [-0.2, 0) is 14.8 Å². The Morgan fingerprint density at radius 3 is 2.30 bits per heavy atom. The molecule has 30 heavy (non-hydrogen) atoms. The van der Waals surface area contributed by atoms with E-state index < -0.39 is 10.0 Å². The lowest BCUT2D eigenvalue weighted by molar-refractivity contribution is -0.120. The Morgan fingerprint density at radius 1 is 1.13 bits per heavy atom. The van der Waals surface area contributed by atoms with Gasteiger partial charge in [-0.1, -0.05) is 29.3 Å². The summed E-state index contributed by atoms with van der Waals surface area (Å²) in [5.74, 6) is 0.0486. The van der Waals surface area contributed by atoms with Crippen LogP contribution < -0.4 is 10.1 Å². The van der Waals surface area contributed by atoms with Gasteiger partial charge in [-0.05, 0) is 49.2 Å². The molecule has 2 aromatic carbocycles. The van der Waals surface area contributed by atoms with Gasteiger partial charge < -0.3 is 10.1 Å². The Kier molecular flexibility index (Phi) is 7.21. The van der Waals surface area contributed by atoms with Crippen LogP contribution >= 0.6 is 23.2 Å². The van der Waals surface area contributed by atoms with Crippen molar-refractivity contribution in [2.45, 2.75) is 17.7 Å². The maximum Gasteiger partial charge on any atom is 0.246 e. The summed E-state index contributed by atoms with van der Waals surface area (Å²) in [6.07, 6.45) is 0.771. The van der Waals surface area contributed by atoms with Crippen molar-refractivity contribution >= 4 is 44.8 Å². The maximum atomic E-state index is 12.9. The van der Waals surface area contributed by atoms with Gasteiger partial charge in [0, 0.05) is 24.7 Å². The molecule has 0 spiro atoms. The molecule has 1 aliphatic rings. The maximum absolute atomic E-state index is 12.9. The van der Waals surface area contributed by atoms with Gasteiger partial charge in [0.15, 0.2) is 6.61 Å². The summed E-state index contributed by atoms with van der Waals surface area (Å²) in [4.78, 5) is 12.5. The predicted molar refractivity (Wildman–Crippen MR) is 114 cm³/mol. The largest absolute Gasteiger partial charge is 0.479 e. The lowest BCUT2D eigenvalue weighted by Crippen LogP contribution is -2.41. The van der Waals surface area contributed by atoms with Gasteiger partial charge in [0.25, 0.3) is 0 Å². The zero-order chi connectivity index (χ0) is 21.7. The summed E-state index contributed by atoms with van der Waals surface area (Å²) in [6, 6.07) is 13.1. The van der Waals surface area contributed by atoms with E-state index in [2.05, 4.69) is 5.32 Å². The van der Waals surface area contributed by atoms with E-state index in [0.29, 0.717) is 24.3 Å². The van der Waals surface area contributed by atoms with E-state index in [1.54, 1.807) is 30.3 Å². The predicted octanol–water partition coefficient (Wildman–Crippen LogP) is 3.94. The van der Waals surface area contributed by atoms with E-state index in [9.17, 15) is 13.2 Å². The van der Waals surface area contributed by atoms with Gasteiger partial charge in [-0.15, -0.1) is 0 Å². The van der Waals surface area contributed by atoms with Gasteiger partial charge in [-0.3, -0.25) is 4.79 Å². The summed E-state index contributed by atoms with van der Waals surface area (Å²) < 4.78 is 32.3. The zero-order valence-corrected chi connectivity index (χ0v) is 18.2. The number of carbonyl (C=O) groups excluding carboxylic acids is 1. The number of nitrogens with one attached hydrogen (secondary N) is 1. The number of sulfonamides is 1. The van der Waals surface area contributed by atoms with E-state index in [1.165, 1.54) is 16.4 Å². The quantitative estimate of drug-likeness (QED) is 0.693. The lowest BCUT2D eigenvalue weighted by Gasteiger charge is -2.31. The molecule has 1 amide bonds. The fourth-order valence-corrected chi connectivity index (χ4v) is 5.77. The van der Waals surface area contributed by atoms with Gasteiger partial charge in [0.2, 0.25) is 15.9 Å². The van der Waals surface area contributed by atoms with E-state index in [1.807, 2.05) is 6.07 Å². The average Bonchev–Trinajstić information content (AvgIpc) is 2.73. The van der Waals surface area contributed by atoms with Crippen LogP contribution in [0.15, 0.2) is 47.4 Å². The van der Waals surface area contributed by atoms with Crippen LogP contribution in [0.3, 0.4) is 0 Å². The highest BCUT2D eigenvalue weighted by atomic mass is 35.5. The first-order chi connectivity index (χ1) is 14.3. The number of piperidine rings is 1. The monoisotopic (exact) mass is 467 g/mol. The molecular formula is C20H19Cl2N3O4S. The number of hydrogen-bond donors (Lipinski definition) is 1. The molecule has 1 N–H and O–H groups in total. The highest BCUT2D eigenvalue weighted by Gasteiger charge is 2.34. The van der Waals surface area contributed by atoms with Crippen molar-refractivity contribution in [2.75, 3.05) is 25.0 Å². The normalized spacial score (nSPS) is 15.4. The number of ether oxygens (including phenoxy) is 1. The Balaban J connectivity index is 1.60. The van der Waals surface area contributed by atoms with Crippen molar-refractivity contribution in [3.8, 4) is 11.8 Å². The Morgan fingerprint density at radius 2 is 1.73 bits per heavy atom. The van der Waals surface area contributed by atoms with Crippen LogP contribution in [0.25, 0.3) is 0 Å².